The fraction of sp³-hybridized carbons (Fsp3) is 0.455. The number of carbonyl (C=O) groups is 2. The molecule has 2 amide bonds. The molecule has 0 aliphatic carbocycles. The van der Waals surface area contributed by atoms with E-state index in [0.29, 0.717) is 13.1 Å². The number of halogens is 1. The van der Waals surface area contributed by atoms with Crippen LogP contribution in [0.2, 0.25) is 5.22 Å². The van der Waals surface area contributed by atoms with Gasteiger partial charge in [0.25, 0.3) is 5.91 Å². The molecule has 7 heteroatoms. The SMILES string of the molecule is O=C(NCC(=O)N1CCNCC1)c1ccc(Cl)o1. The summed E-state index contributed by atoms with van der Waals surface area (Å²) in [5.74, 6) is -0.430. The lowest BCUT2D eigenvalue weighted by Gasteiger charge is -2.27. The molecule has 1 aliphatic heterocycles. The van der Waals surface area contributed by atoms with Crippen molar-refractivity contribution in [3.63, 3.8) is 0 Å². The predicted molar refractivity (Wildman–Crippen MR) is 65.5 cm³/mol. The largest absolute Gasteiger partial charge is 0.440 e. The number of nitrogens with zero attached hydrogens (tertiary/aromatic N) is 1. The third kappa shape index (κ3) is 3.24. The Bertz CT molecular complexity index is 440. The van der Waals surface area contributed by atoms with Crippen LogP contribution in [0, 0.1) is 0 Å². The molecule has 0 bridgehead atoms. The Kier molecular flexibility index (Phi) is 4.22. The van der Waals surface area contributed by atoms with Crippen LogP contribution in [0.5, 0.6) is 0 Å². The Balaban J connectivity index is 1.80. The van der Waals surface area contributed by atoms with Gasteiger partial charge in [-0.1, -0.05) is 0 Å². The van der Waals surface area contributed by atoms with Crippen molar-refractivity contribution in [1.82, 2.24) is 15.5 Å². The highest BCUT2D eigenvalue weighted by Gasteiger charge is 2.17. The normalized spacial score (nSPS) is 15.5. The van der Waals surface area contributed by atoms with Crippen LogP contribution in [0.4, 0.5) is 0 Å². The van der Waals surface area contributed by atoms with Gasteiger partial charge >= 0.3 is 0 Å². The summed E-state index contributed by atoms with van der Waals surface area (Å²) < 4.78 is 4.94. The number of nitrogens with one attached hydrogen (secondary N) is 2. The van der Waals surface area contributed by atoms with Gasteiger partial charge in [-0.05, 0) is 23.7 Å². The monoisotopic (exact) mass is 271 g/mol. The van der Waals surface area contributed by atoms with Crippen molar-refractivity contribution in [2.24, 2.45) is 0 Å². The van der Waals surface area contributed by atoms with E-state index in [1.807, 2.05) is 0 Å². The molecule has 18 heavy (non-hydrogen) atoms. The molecule has 2 heterocycles. The zero-order chi connectivity index (χ0) is 13.0. The number of piperazine rings is 1. The highest BCUT2D eigenvalue weighted by molar-refractivity contribution is 6.29. The second-order valence-electron chi connectivity index (χ2n) is 3.92. The highest BCUT2D eigenvalue weighted by atomic mass is 35.5. The number of carbonyl (C=O) groups excluding carboxylic acids is 2. The molecule has 0 saturated carbocycles. The lowest BCUT2D eigenvalue weighted by molar-refractivity contribution is -0.130. The molecule has 1 fully saturated rings. The fourth-order valence-electron chi connectivity index (χ4n) is 1.71. The van der Waals surface area contributed by atoms with Crippen molar-refractivity contribution < 1.29 is 14.0 Å². The van der Waals surface area contributed by atoms with Gasteiger partial charge in [-0.15, -0.1) is 0 Å². The van der Waals surface area contributed by atoms with Gasteiger partial charge in [-0.3, -0.25) is 9.59 Å². The van der Waals surface area contributed by atoms with Crippen LogP contribution in [0.25, 0.3) is 0 Å². The first-order valence-corrected chi connectivity index (χ1v) is 6.06. The first-order valence-electron chi connectivity index (χ1n) is 5.69. The van der Waals surface area contributed by atoms with Gasteiger partial charge in [-0.2, -0.15) is 0 Å². The molecule has 2 rings (SSSR count). The van der Waals surface area contributed by atoms with Crippen LogP contribution in [-0.4, -0.2) is 49.4 Å². The van der Waals surface area contributed by atoms with E-state index in [1.54, 1.807) is 4.90 Å². The standard InChI is InChI=1S/C11H14ClN3O3/c12-9-2-1-8(18-9)11(17)14-7-10(16)15-5-3-13-4-6-15/h1-2,13H,3-7H2,(H,14,17). The van der Waals surface area contributed by atoms with Crippen LogP contribution in [0.3, 0.4) is 0 Å². The molecular formula is C11H14ClN3O3. The number of hydrogen-bond acceptors (Lipinski definition) is 4. The number of rotatable bonds is 3. The van der Waals surface area contributed by atoms with Gasteiger partial charge in [0.1, 0.15) is 0 Å². The van der Waals surface area contributed by atoms with Gasteiger partial charge in [0, 0.05) is 26.2 Å². The van der Waals surface area contributed by atoms with Crippen molar-refractivity contribution in [2.75, 3.05) is 32.7 Å². The molecule has 2 N–H and O–H groups in total. The molecule has 0 radical (unpaired) electrons. The van der Waals surface area contributed by atoms with E-state index in [2.05, 4.69) is 10.6 Å². The van der Waals surface area contributed by atoms with Crippen LogP contribution < -0.4 is 10.6 Å². The third-order valence-electron chi connectivity index (χ3n) is 2.67. The van der Waals surface area contributed by atoms with Gasteiger partial charge in [0.05, 0.1) is 6.54 Å². The number of amides is 2. The van der Waals surface area contributed by atoms with E-state index in [9.17, 15) is 9.59 Å². The van der Waals surface area contributed by atoms with Crippen LogP contribution in [0.1, 0.15) is 10.6 Å². The fourth-order valence-corrected chi connectivity index (χ4v) is 1.85. The molecule has 1 aromatic rings. The van der Waals surface area contributed by atoms with Crippen molar-refractivity contribution in [2.45, 2.75) is 0 Å². The average molecular weight is 272 g/mol. The lowest BCUT2D eigenvalue weighted by atomic mass is 10.3. The Hall–Kier alpha value is -1.53. The summed E-state index contributed by atoms with van der Waals surface area (Å²) in [5.41, 5.74) is 0. The summed E-state index contributed by atoms with van der Waals surface area (Å²) in [6.07, 6.45) is 0. The summed E-state index contributed by atoms with van der Waals surface area (Å²) in [5, 5.41) is 5.81. The maximum absolute atomic E-state index is 11.8. The second kappa shape index (κ2) is 5.88. The van der Waals surface area contributed by atoms with Crippen molar-refractivity contribution in [1.29, 1.82) is 0 Å². The predicted octanol–water partition coefficient (Wildman–Crippen LogP) is 0.0946. The van der Waals surface area contributed by atoms with Crippen molar-refractivity contribution in [3.8, 4) is 0 Å². The van der Waals surface area contributed by atoms with Gasteiger partial charge in [0.15, 0.2) is 11.0 Å². The minimum Gasteiger partial charge on any atom is -0.440 e. The van der Waals surface area contributed by atoms with Gasteiger partial charge in [0.2, 0.25) is 5.91 Å². The average Bonchev–Trinajstić information content (AvgIpc) is 2.83. The molecular weight excluding hydrogens is 258 g/mol. The molecule has 1 aliphatic rings. The zero-order valence-corrected chi connectivity index (χ0v) is 10.5. The molecule has 1 aromatic heterocycles. The molecule has 98 valence electrons. The van der Waals surface area contributed by atoms with E-state index in [1.165, 1.54) is 12.1 Å². The van der Waals surface area contributed by atoms with E-state index in [4.69, 9.17) is 16.0 Å². The Morgan fingerprint density at radius 2 is 2.11 bits per heavy atom. The summed E-state index contributed by atoms with van der Waals surface area (Å²) in [4.78, 5) is 25.1. The minimum absolute atomic E-state index is 0.0306. The Morgan fingerprint density at radius 3 is 2.72 bits per heavy atom. The smallest absolute Gasteiger partial charge is 0.287 e. The molecule has 0 unspecified atom stereocenters. The quantitative estimate of drug-likeness (QED) is 0.817. The summed E-state index contributed by atoms with van der Waals surface area (Å²) in [6, 6.07) is 2.95. The van der Waals surface area contributed by atoms with Crippen LogP contribution >= 0.6 is 11.6 Å². The highest BCUT2D eigenvalue weighted by Crippen LogP contribution is 2.12. The molecule has 0 atom stereocenters. The molecule has 1 saturated heterocycles. The maximum Gasteiger partial charge on any atom is 0.287 e. The van der Waals surface area contributed by atoms with E-state index in [-0.39, 0.29) is 23.4 Å². The summed E-state index contributed by atoms with van der Waals surface area (Å²) in [7, 11) is 0. The topological polar surface area (TPSA) is 74.6 Å². The zero-order valence-electron chi connectivity index (χ0n) is 9.74. The molecule has 6 nitrogen and oxygen atoms in total. The molecule has 0 spiro atoms. The third-order valence-corrected chi connectivity index (χ3v) is 2.87. The van der Waals surface area contributed by atoms with Crippen molar-refractivity contribution >= 4 is 23.4 Å². The lowest BCUT2D eigenvalue weighted by Crippen LogP contribution is -2.49. The van der Waals surface area contributed by atoms with Crippen LogP contribution in [0.15, 0.2) is 16.5 Å². The molecule has 0 aromatic carbocycles. The Morgan fingerprint density at radius 1 is 1.39 bits per heavy atom. The van der Waals surface area contributed by atoms with Gasteiger partial charge in [-0.25, -0.2) is 0 Å². The summed E-state index contributed by atoms with van der Waals surface area (Å²) >= 11 is 5.56. The van der Waals surface area contributed by atoms with E-state index in [0.717, 1.165) is 13.1 Å². The van der Waals surface area contributed by atoms with Crippen LogP contribution in [-0.2, 0) is 4.79 Å². The second-order valence-corrected chi connectivity index (χ2v) is 4.29. The number of furan rings is 1. The maximum atomic E-state index is 11.8. The Labute approximate surface area is 109 Å². The first-order chi connectivity index (χ1) is 8.66. The van der Waals surface area contributed by atoms with Gasteiger partial charge < -0.3 is 20.0 Å². The first kappa shape index (κ1) is 12.9. The minimum atomic E-state index is -0.439. The summed E-state index contributed by atoms with van der Waals surface area (Å²) in [6.45, 7) is 2.88. The van der Waals surface area contributed by atoms with E-state index < -0.39 is 5.91 Å². The van der Waals surface area contributed by atoms with Crippen molar-refractivity contribution in [3.05, 3.63) is 23.1 Å². The number of hydrogen-bond donors (Lipinski definition) is 2. The van der Waals surface area contributed by atoms with E-state index >= 15 is 0 Å².